The maximum Gasteiger partial charge on any atom is 0.335 e. The third kappa shape index (κ3) is 9.26. The largest absolute Gasteiger partial charge is 0.492 e. The first-order valence-corrected chi connectivity index (χ1v) is 20.0. The molecule has 16 heteroatoms. The zero-order valence-corrected chi connectivity index (χ0v) is 32.6. The molecule has 8 N–H and O–H groups in total. The molecule has 4 heterocycles. The Kier molecular flexibility index (Phi) is 13.2. The molecular formula is C43H52N2O14. The molecule has 0 aliphatic carbocycles. The van der Waals surface area contributed by atoms with E-state index in [0.29, 0.717) is 18.7 Å². The Labute approximate surface area is 340 Å². The Hall–Kier alpha value is -4.62. The van der Waals surface area contributed by atoms with Crippen LogP contribution >= 0.6 is 0 Å². The predicted molar refractivity (Wildman–Crippen MR) is 211 cm³/mol. The molecule has 0 saturated carbocycles. The first-order valence-electron chi connectivity index (χ1n) is 20.0. The number of carboxylic acid groups (broad SMARTS) is 2. The molecule has 4 aromatic rings. The van der Waals surface area contributed by atoms with Crippen molar-refractivity contribution in [2.75, 3.05) is 26.2 Å². The standard InChI is InChI=1S/C43H52N2O14/c1-23-29-20-25(21-31-33(46)34(47)36(49)39(58-31)41(52)53)8-15-30(29)45(22-24-6-11-27(12-7-24)56-19-18-44-16-4-2-3-5-17-44)32(23)26-9-13-28(14-10-26)57-43-38(51)35(48)37(50)40(59-43)42(54)55/h6-15,20,31,33-40,43,46-51H,2-5,16-19,21-22H2,1H3,(H,52,53)(H,54,55). The number of carboxylic acids is 2. The van der Waals surface area contributed by atoms with Gasteiger partial charge in [-0.15, -0.1) is 0 Å². The van der Waals surface area contributed by atoms with Gasteiger partial charge in [0.1, 0.15) is 54.7 Å². The molecule has 10 atom stereocenters. The summed E-state index contributed by atoms with van der Waals surface area (Å²) >= 11 is 0. The van der Waals surface area contributed by atoms with Gasteiger partial charge in [0.15, 0.2) is 12.2 Å². The number of nitrogens with zero attached hydrogens (tertiary/aromatic N) is 2. The van der Waals surface area contributed by atoms with E-state index >= 15 is 0 Å². The summed E-state index contributed by atoms with van der Waals surface area (Å²) < 4.78 is 24.9. The first-order chi connectivity index (χ1) is 28.3. The van der Waals surface area contributed by atoms with Crippen LogP contribution in [0.1, 0.15) is 42.4 Å². The number of aryl methyl sites for hydroxylation is 1. The highest BCUT2D eigenvalue weighted by molar-refractivity contribution is 5.92. The van der Waals surface area contributed by atoms with E-state index < -0.39 is 73.2 Å². The summed E-state index contributed by atoms with van der Waals surface area (Å²) in [6, 6.07) is 20.4. The lowest BCUT2D eigenvalue weighted by molar-refractivity contribution is -0.271. The van der Waals surface area contributed by atoms with Crippen molar-refractivity contribution < 1.29 is 69.4 Å². The minimum absolute atomic E-state index is 0.0550. The molecule has 3 aliphatic rings. The van der Waals surface area contributed by atoms with Gasteiger partial charge in [-0.25, -0.2) is 9.59 Å². The van der Waals surface area contributed by atoms with E-state index in [1.165, 1.54) is 25.7 Å². The number of fused-ring (bicyclic) bond motifs is 1. The number of rotatable bonds is 13. The van der Waals surface area contributed by atoms with Crippen molar-refractivity contribution in [2.45, 2.75) is 107 Å². The third-order valence-corrected chi connectivity index (χ3v) is 11.6. The number of aliphatic carboxylic acids is 2. The van der Waals surface area contributed by atoms with Crippen molar-refractivity contribution in [1.82, 2.24) is 9.47 Å². The van der Waals surface area contributed by atoms with E-state index in [1.54, 1.807) is 24.3 Å². The number of aliphatic hydroxyl groups is 6. The van der Waals surface area contributed by atoms with E-state index in [-0.39, 0.29) is 12.2 Å². The summed E-state index contributed by atoms with van der Waals surface area (Å²) in [6.45, 7) is 6.09. The molecule has 16 nitrogen and oxygen atoms in total. The lowest BCUT2D eigenvalue weighted by Gasteiger charge is -2.39. The number of likely N-dealkylation sites (tertiary alicyclic amines) is 1. The molecule has 0 amide bonds. The molecule has 3 aliphatic heterocycles. The fourth-order valence-electron chi connectivity index (χ4n) is 8.29. The summed E-state index contributed by atoms with van der Waals surface area (Å²) in [5.74, 6) is -1.99. The zero-order chi connectivity index (χ0) is 42.0. The van der Waals surface area contributed by atoms with E-state index in [9.17, 15) is 50.4 Å². The van der Waals surface area contributed by atoms with Gasteiger partial charge < -0.3 is 64.4 Å². The smallest absolute Gasteiger partial charge is 0.335 e. The van der Waals surface area contributed by atoms with Gasteiger partial charge in [0.25, 0.3) is 0 Å². The zero-order valence-electron chi connectivity index (χ0n) is 32.6. The van der Waals surface area contributed by atoms with Crippen molar-refractivity contribution in [2.24, 2.45) is 0 Å². The lowest BCUT2D eigenvalue weighted by Crippen LogP contribution is -2.61. The highest BCUT2D eigenvalue weighted by Crippen LogP contribution is 2.37. The molecule has 3 saturated heterocycles. The molecule has 59 heavy (non-hydrogen) atoms. The lowest BCUT2D eigenvalue weighted by atomic mass is 9.91. The Morgan fingerprint density at radius 1 is 0.695 bits per heavy atom. The van der Waals surface area contributed by atoms with Crippen LogP contribution in [0, 0.1) is 6.92 Å². The van der Waals surface area contributed by atoms with Crippen LogP contribution in [-0.4, -0.2) is 150 Å². The van der Waals surface area contributed by atoms with Gasteiger partial charge in [0.05, 0.1) is 11.8 Å². The van der Waals surface area contributed by atoms with Crippen LogP contribution in [0.25, 0.3) is 22.2 Å². The van der Waals surface area contributed by atoms with Gasteiger partial charge in [0, 0.05) is 30.4 Å². The molecule has 1 aromatic heterocycles. The highest BCUT2D eigenvalue weighted by atomic mass is 16.7. The maximum atomic E-state index is 11.7. The van der Waals surface area contributed by atoms with Gasteiger partial charge in [-0.1, -0.05) is 31.0 Å². The summed E-state index contributed by atoms with van der Waals surface area (Å²) in [5.41, 5.74) is 5.07. The summed E-state index contributed by atoms with van der Waals surface area (Å²) in [5, 5.41) is 82.0. The number of benzene rings is 3. The monoisotopic (exact) mass is 820 g/mol. The fraction of sp³-hybridized carbons (Fsp3) is 0.488. The van der Waals surface area contributed by atoms with Crippen LogP contribution in [0.15, 0.2) is 66.7 Å². The second-order valence-corrected chi connectivity index (χ2v) is 15.6. The van der Waals surface area contributed by atoms with Gasteiger partial charge in [-0.2, -0.15) is 0 Å². The van der Waals surface area contributed by atoms with Crippen molar-refractivity contribution in [3.05, 3.63) is 83.4 Å². The summed E-state index contributed by atoms with van der Waals surface area (Å²) in [4.78, 5) is 25.8. The number of aromatic nitrogens is 1. The van der Waals surface area contributed by atoms with Crippen molar-refractivity contribution in [3.8, 4) is 22.8 Å². The second kappa shape index (κ2) is 18.3. The van der Waals surface area contributed by atoms with Gasteiger partial charge in [0.2, 0.25) is 6.29 Å². The van der Waals surface area contributed by atoms with E-state index in [1.807, 2.05) is 49.4 Å². The maximum absolute atomic E-state index is 11.7. The molecule has 10 unspecified atom stereocenters. The summed E-state index contributed by atoms with van der Waals surface area (Å²) in [6.07, 6.45) is -11.6. The van der Waals surface area contributed by atoms with Crippen LogP contribution in [-0.2, 0) is 32.0 Å². The summed E-state index contributed by atoms with van der Waals surface area (Å²) in [7, 11) is 0. The third-order valence-electron chi connectivity index (χ3n) is 11.6. The van der Waals surface area contributed by atoms with Crippen LogP contribution in [0.4, 0.5) is 0 Å². The second-order valence-electron chi connectivity index (χ2n) is 15.6. The van der Waals surface area contributed by atoms with Crippen molar-refractivity contribution >= 4 is 22.8 Å². The molecule has 7 rings (SSSR count). The van der Waals surface area contributed by atoms with Crippen LogP contribution < -0.4 is 9.47 Å². The molecule has 0 radical (unpaired) electrons. The highest BCUT2D eigenvalue weighted by Gasteiger charge is 2.48. The minimum atomic E-state index is -1.85. The number of aliphatic hydroxyl groups excluding tert-OH is 6. The molecule has 318 valence electrons. The van der Waals surface area contributed by atoms with Gasteiger partial charge >= 0.3 is 11.9 Å². The fourth-order valence-corrected chi connectivity index (χ4v) is 8.29. The predicted octanol–water partition coefficient (Wildman–Crippen LogP) is 1.67. The molecule has 3 aromatic carbocycles. The SMILES string of the molecule is Cc1c(-c2ccc(OC3OC(C(=O)O)C(O)C(O)C3O)cc2)n(Cc2ccc(OCCN3CCCCCC3)cc2)c2ccc(CC3OC(C(=O)O)C(O)C(O)C3O)cc12. The number of carbonyl (C=O) groups is 2. The number of hydrogen-bond donors (Lipinski definition) is 8. The van der Waals surface area contributed by atoms with Gasteiger partial charge in [-0.05, 0) is 104 Å². The van der Waals surface area contributed by atoms with E-state index in [2.05, 4.69) is 9.47 Å². The first kappa shape index (κ1) is 42.5. The normalized spacial score (nSPS) is 29.2. The Morgan fingerprint density at radius 3 is 1.93 bits per heavy atom. The van der Waals surface area contributed by atoms with Crippen molar-refractivity contribution in [3.63, 3.8) is 0 Å². The molecule has 0 spiro atoms. The Balaban J connectivity index is 1.15. The number of hydrogen-bond acceptors (Lipinski definition) is 13. The topological polar surface area (TPSA) is 241 Å². The van der Waals surface area contributed by atoms with E-state index in [4.69, 9.17) is 18.9 Å². The Bertz CT molecular complexity index is 2070. The number of ether oxygens (including phenoxy) is 4. The molecule has 0 bridgehead atoms. The van der Waals surface area contributed by atoms with Crippen LogP contribution in [0.5, 0.6) is 11.5 Å². The minimum Gasteiger partial charge on any atom is -0.492 e. The Morgan fingerprint density at radius 2 is 1.29 bits per heavy atom. The average molecular weight is 821 g/mol. The molecular weight excluding hydrogens is 768 g/mol. The van der Waals surface area contributed by atoms with Crippen LogP contribution in [0.2, 0.25) is 0 Å². The molecule has 3 fully saturated rings. The van der Waals surface area contributed by atoms with Gasteiger partial charge in [-0.3, -0.25) is 4.90 Å². The van der Waals surface area contributed by atoms with Crippen LogP contribution in [0.3, 0.4) is 0 Å². The van der Waals surface area contributed by atoms with Crippen molar-refractivity contribution in [1.29, 1.82) is 0 Å². The van der Waals surface area contributed by atoms with E-state index in [0.717, 1.165) is 58.7 Å². The quantitative estimate of drug-likeness (QED) is 0.0957. The average Bonchev–Trinajstić information content (AvgIpc) is 3.34.